The van der Waals surface area contributed by atoms with Crippen LogP contribution >= 0.6 is 0 Å². The lowest BCUT2D eigenvalue weighted by atomic mass is 10.2. The number of nitrogens with one attached hydrogen (secondary N) is 1. The molecule has 0 unspecified atom stereocenters. The number of nitrogens with zero attached hydrogens (tertiary/aromatic N) is 4. The number of imidazole rings is 1. The fourth-order valence-electron chi connectivity index (χ4n) is 3.02. The van der Waals surface area contributed by atoms with Crippen molar-refractivity contribution in [2.24, 2.45) is 0 Å². The van der Waals surface area contributed by atoms with Crippen LogP contribution in [0.4, 0.5) is 5.69 Å². The van der Waals surface area contributed by atoms with Gasteiger partial charge in [-0.1, -0.05) is 12.1 Å². The van der Waals surface area contributed by atoms with Crippen LogP contribution in [0.15, 0.2) is 41.8 Å². The van der Waals surface area contributed by atoms with Crippen molar-refractivity contribution in [3.8, 4) is 5.75 Å². The van der Waals surface area contributed by atoms with E-state index in [1.54, 1.807) is 12.0 Å². The third kappa shape index (κ3) is 4.06. The average molecular weight is 393 g/mol. The topological polar surface area (TPSA) is 98.8 Å². The fourth-order valence-corrected chi connectivity index (χ4v) is 4.03. The quantitative estimate of drug-likeness (QED) is 0.762. The van der Waals surface area contributed by atoms with E-state index in [1.165, 1.54) is 19.6 Å². The van der Waals surface area contributed by atoms with Gasteiger partial charge in [-0.2, -0.15) is 4.31 Å². The predicted molar refractivity (Wildman–Crippen MR) is 100 cm³/mol. The molecule has 9 nitrogen and oxygen atoms in total. The molecule has 10 heteroatoms. The summed E-state index contributed by atoms with van der Waals surface area (Å²) in [6, 6.07) is 7.76. The van der Waals surface area contributed by atoms with Gasteiger partial charge in [0.2, 0.25) is 5.91 Å². The van der Waals surface area contributed by atoms with Crippen LogP contribution in [0.25, 0.3) is 0 Å². The largest absolute Gasteiger partial charge is 0.495 e. The molecule has 0 atom stereocenters. The molecule has 0 bridgehead atoms. The maximum absolute atomic E-state index is 12.5. The van der Waals surface area contributed by atoms with Crippen LogP contribution in [-0.4, -0.2) is 80.4 Å². The number of ether oxygens (including phenoxy) is 1. The highest BCUT2D eigenvalue weighted by molar-refractivity contribution is 7.89. The summed E-state index contributed by atoms with van der Waals surface area (Å²) >= 11 is 0. The van der Waals surface area contributed by atoms with Gasteiger partial charge in [0.25, 0.3) is 10.0 Å². The molecule has 1 fully saturated rings. The molecule has 146 valence electrons. The Morgan fingerprint density at radius 1 is 1.26 bits per heavy atom. The van der Waals surface area contributed by atoms with Crippen molar-refractivity contribution >= 4 is 21.6 Å². The number of methoxy groups -OCH3 is 1. The second kappa shape index (κ2) is 7.97. The maximum atomic E-state index is 12.5. The van der Waals surface area contributed by atoms with Gasteiger partial charge in [-0.25, -0.2) is 13.4 Å². The molecule has 0 saturated carbocycles. The van der Waals surface area contributed by atoms with Crippen molar-refractivity contribution in [3.05, 3.63) is 36.8 Å². The van der Waals surface area contributed by atoms with Crippen molar-refractivity contribution in [2.75, 3.05) is 51.8 Å². The van der Waals surface area contributed by atoms with E-state index in [1.807, 2.05) is 24.3 Å². The summed E-state index contributed by atoms with van der Waals surface area (Å²) in [7, 11) is -0.730. The van der Waals surface area contributed by atoms with E-state index in [9.17, 15) is 13.2 Å². The van der Waals surface area contributed by atoms with Crippen molar-refractivity contribution in [2.45, 2.75) is 5.03 Å². The monoisotopic (exact) mass is 393 g/mol. The molecule has 1 aromatic heterocycles. The number of likely N-dealkylation sites (N-methyl/N-ethyl adjacent to an activating group) is 1. The lowest BCUT2D eigenvalue weighted by Crippen LogP contribution is -2.51. The fraction of sp³-hybridized carbons (Fsp3) is 0.412. The van der Waals surface area contributed by atoms with Crippen LogP contribution in [0.2, 0.25) is 0 Å². The number of benzene rings is 1. The second-order valence-electron chi connectivity index (χ2n) is 6.22. The maximum Gasteiger partial charge on any atom is 0.260 e. The van der Waals surface area contributed by atoms with Crippen LogP contribution in [-0.2, 0) is 14.8 Å². The van der Waals surface area contributed by atoms with Gasteiger partial charge in [-0.15, -0.1) is 0 Å². The van der Waals surface area contributed by atoms with Crippen LogP contribution < -0.4 is 9.64 Å². The molecule has 2 aromatic rings. The number of anilines is 1. The van der Waals surface area contributed by atoms with E-state index >= 15 is 0 Å². The lowest BCUT2D eigenvalue weighted by Gasteiger charge is -2.37. The first-order valence-electron chi connectivity index (χ1n) is 8.54. The van der Waals surface area contributed by atoms with Crippen molar-refractivity contribution < 1.29 is 17.9 Å². The molecule has 1 amide bonds. The van der Waals surface area contributed by atoms with E-state index in [2.05, 4.69) is 14.9 Å². The molecule has 1 N–H and O–H groups in total. The molecule has 1 aliphatic heterocycles. The standard InChI is InChI=1S/C17H23N5O4S/c1-20(27(24,25)16-11-18-13-19-16)12-17(23)22-9-7-21(8-10-22)14-5-3-4-6-15(14)26-2/h3-6,11,13H,7-10,12H2,1-2H3,(H,18,19). The SMILES string of the molecule is COc1ccccc1N1CCN(C(=O)CN(C)S(=O)(=O)c2cnc[nH]2)CC1. The highest BCUT2D eigenvalue weighted by Crippen LogP contribution is 2.28. The molecule has 1 saturated heterocycles. The Kier molecular flexibility index (Phi) is 5.66. The highest BCUT2D eigenvalue weighted by atomic mass is 32.2. The molecular formula is C17H23N5O4S. The van der Waals surface area contributed by atoms with E-state index in [0.29, 0.717) is 26.2 Å². The van der Waals surface area contributed by atoms with E-state index in [-0.39, 0.29) is 17.5 Å². The number of H-pyrrole nitrogens is 1. The Bertz CT molecular complexity index is 876. The first-order valence-corrected chi connectivity index (χ1v) is 9.98. The number of hydrogen-bond acceptors (Lipinski definition) is 6. The summed E-state index contributed by atoms with van der Waals surface area (Å²) in [5.74, 6) is 0.572. The van der Waals surface area contributed by atoms with Crippen molar-refractivity contribution in [1.82, 2.24) is 19.2 Å². The minimum Gasteiger partial charge on any atom is -0.495 e. The Labute approximate surface area is 158 Å². The molecule has 1 aliphatic rings. The summed E-state index contributed by atoms with van der Waals surface area (Å²) in [5, 5.41) is -0.0289. The number of sulfonamides is 1. The Hall–Kier alpha value is -2.59. The minimum absolute atomic E-state index is 0.0289. The Morgan fingerprint density at radius 3 is 2.59 bits per heavy atom. The molecular weight excluding hydrogens is 370 g/mol. The van der Waals surface area contributed by atoms with E-state index in [4.69, 9.17) is 4.74 Å². The van der Waals surface area contributed by atoms with Gasteiger partial charge >= 0.3 is 0 Å². The van der Waals surface area contributed by atoms with Gasteiger partial charge in [0, 0.05) is 33.2 Å². The number of aromatic nitrogens is 2. The lowest BCUT2D eigenvalue weighted by molar-refractivity contribution is -0.131. The molecule has 0 aliphatic carbocycles. The first-order chi connectivity index (χ1) is 12.9. The summed E-state index contributed by atoms with van der Waals surface area (Å²) in [4.78, 5) is 22.7. The highest BCUT2D eigenvalue weighted by Gasteiger charge is 2.28. The number of rotatable bonds is 6. The summed E-state index contributed by atoms with van der Waals surface area (Å²) in [6.45, 7) is 2.14. The number of carbonyl (C=O) groups is 1. The molecule has 1 aromatic carbocycles. The molecule has 27 heavy (non-hydrogen) atoms. The third-order valence-corrected chi connectivity index (χ3v) is 6.31. The van der Waals surface area contributed by atoms with Crippen LogP contribution in [0.3, 0.4) is 0 Å². The zero-order valence-electron chi connectivity index (χ0n) is 15.3. The predicted octanol–water partition coefficient (Wildman–Crippen LogP) is 0.388. The van der Waals surface area contributed by atoms with Gasteiger partial charge < -0.3 is 19.5 Å². The molecule has 0 radical (unpaired) electrons. The third-order valence-electron chi connectivity index (χ3n) is 4.58. The van der Waals surface area contributed by atoms with Crippen molar-refractivity contribution in [3.63, 3.8) is 0 Å². The number of hydrogen-bond donors (Lipinski definition) is 1. The number of piperazine rings is 1. The second-order valence-corrected chi connectivity index (χ2v) is 8.23. The Balaban J connectivity index is 1.59. The number of aromatic amines is 1. The Morgan fingerprint density at radius 2 is 1.96 bits per heavy atom. The van der Waals surface area contributed by atoms with Crippen LogP contribution in [0.1, 0.15) is 0 Å². The van der Waals surface area contributed by atoms with E-state index < -0.39 is 10.0 Å². The summed E-state index contributed by atoms with van der Waals surface area (Å²) in [5.41, 5.74) is 0.992. The smallest absolute Gasteiger partial charge is 0.260 e. The molecule has 0 spiro atoms. The number of amides is 1. The first kappa shape index (κ1) is 19.2. The van der Waals surface area contributed by atoms with Gasteiger partial charge in [0.05, 0.1) is 31.9 Å². The molecule has 3 rings (SSSR count). The average Bonchev–Trinajstić information content (AvgIpc) is 3.23. The van der Waals surface area contributed by atoms with E-state index in [0.717, 1.165) is 15.7 Å². The van der Waals surface area contributed by atoms with Gasteiger partial charge in [0.1, 0.15) is 5.75 Å². The van der Waals surface area contributed by atoms with Crippen LogP contribution in [0, 0.1) is 0 Å². The van der Waals surface area contributed by atoms with Crippen LogP contribution in [0.5, 0.6) is 5.75 Å². The molecule has 2 heterocycles. The number of para-hydroxylation sites is 2. The summed E-state index contributed by atoms with van der Waals surface area (Å²) in [6.07, 6.45) is 2.52. The van der Waals surface area contributed by atoms with Gasteiger partial charge in [-0.3, -0.25) is 4.79 Å². The zero-order valence-corrected chi connectivity index (χ0v) is 16.1. The zero-order chi connectivity index (χ0) is 19.4. The van der Waals surface area contributed by atoms with Crippen molar-refractivity contribution in [1.29, 1.82) is 0 Å². The van der Waals surface area contributed by atoms with Gasteiger partial charge in [-0.05, 0) is 12.1 Å². The van der Waals surface area contributed by atoms with Gasteiger partial charge in [0.15, 0.2) is 5.03 Å². The normalized spacial score (nSPS) is 15.2. The number of carbonyl (C=O) groups excluding carboxylic acids is 1. The summed E-state index contributed by atoms with van der Waals surface area (Å²) < 4.78 is 31.2. The minimum atomic E-state index is -3.75.